The summed E-state index contributed by atoms with van der Waals surface area (Å²) in [6, 6.07) is 29.0. The molecule has 3 aromatic carbocycles. The van der Waals surface area contributed by atoms with E-state index in [-0.39, 0.29) is 24.4 Å². The Kier molecular flexibility index (Phi) is 4.99. The van der Waals surface area contributed by atoms with Crippen molar-refractivity contribution in [3.05, 3.63) is 120 Å². The smallest absolute Gasteiger partial charge is 0.254 e. The minimum Gasteiger partial charge on any atom is -0.467 e. The van der Waals surface area contributed by atoms with Gasteiger partial charge in [0.25, 0.3) is 5.91 Å². The average Bonchev–Trinajstić information content (AvgIpc) is 3.40. The van der Waals surface area contributed by atoms with E-state index >= 15 is 0 Å². The van der Waals surface area contributed by atoms with Gasteiger partial charge in [0.05, 0.1) is 23.3 Å². The van der Waals surface area contributed by atoms with Crippen molar-refractivity contribution < 1.29 is 14.0 Å². The summed E-state index contributed by atoms with van der Waals surface area (Å²) in [6.07, 6.45) is 5.46. The Hall–Kier alpha value is -4.58. The molecule has 1 unspecified atom stereocenters. The van der Waals surface area contributed by atoms with Gasteiger partial charge >= 0.3 is 0 Å². The summed E-state index contributed by atoms with van der Waals surface area (Å²) in [5.41, 5.74) is 3.28. The van der Waals surface area contributed by atoms with E-state index in [1.165, 1.54) is 0 Å². The Bertz CT molecular complexity index is 1630. The summed E-state index contributed by atoms with van der Waals surface area (Å²) >= 11 is 0. The van der Waals surface area contributed by atoms with Crippen LogP contribution in [0.5, 0.6) is 0 Å². The van der Waals surface area contributed by atoms with Gasteiger partial charge in [-0.1, -0.05) is 42.5 Å². The highest BCUT2D eigenvalue weighted by Gasteiger charge is 2.41. The van der Waals surface area contributed by atoms with Crippen LogP contribution in [0.4, 0.5) is 5.69 Å². The molecule has 37 heavy (non-hydrogen) atoms. The number of nitrogens with zero attached hydrogens (tertiary/aromatic N) is 3. The summed E-state index contributed by atoms with van der Waals surface area (Å²) < 4.78 is 7.93. The zero-order chi connectivity index (χ0) is 24.9. The van der Waals surface area contributed by atoms with Gasteiger partial charge in [-0.3, -0.25) is 14.5 Å². The lowest BCUT2D eigenvalue weighted by atomic mass is 10.0. The van der Waals surface area contributed by atoms with Gasteiger partial charge in [0.1, 0.15) is 18.3 Å². The number of hydrogen-bond donors (Lipinski definition) is 0. The topological polar surface area (TPSA) is 58.7 Å². The molecule has 1 saturated carbocycles. The van der Waals surface area contributed by atoms with Crippen LogP contribution in [-0.4, -0.2) is 33.9 Å². The summed E-state index contributed by atoms with van der Waals surface area (Å²) in [4.78, 5) is 31.5. The van der Waals surface area contributed by atoms with Crippen LogP contribution < -0.4 is 4.90 Å². The van der Waals surface area contributed by atoms with Crippen LogP contribution >= 0.6 is 0 Å². The van der Waals surface area contributed by atoms with Gasteiger partial charge in [0.2, 0.25) is 5.91 Å². The van der Waals surface area contributed by atoms with Crippen LogP contribution in [0.2, 0.25) is 0 Å². The number of aromatic nitrogens is 1. The van der Waals surface area contributed by atoms with Gasteiger partial charge in [0.15, 0.2) is 0 Å². The van der Waals surface area contributed by atoms with Gasteiger partial charge in [0, 0.05) is 17.8 Å². The maximum absolute atomic E-state index is 14.2. The first kappa shape index (κ1) is 21.7. The van der Waals surface area contributed by atoms with E-state index in [0.29, 0.717) is 11.3 Å². The zero-order valence-electron chi connectivity index (χ0n) is 20.2. The molecule has 7 rings (SSSR count). The first-order chi connectivity index (χ1) is 18.2. The molecular formula is C31H25N3O3. The molecule has 2 aliphatic rings. The maximum atomic E-state index is 14.2. The fourth-order valence-electron chi connectivity index (χ4n) is 5.44. The lowest BCUT2D eigenvalue weighted by molar-refractivity contribution is -0.120. The van der Waals surface area contributed by atoms with Crippen molar-refractivity contribution in [3.8, 4) is 5.69 Å². The molecule has 2 aromatic heterocycles. The molecule has 1 aliphatic carbocycles. The van der Waals surface area contributed by atoms with E-state index in [9.17, 15) is 9.59 Å². The Morgan fingerprint density at radius 1 is 0.838 bits per heavy atom. The Labute approximate surface area is 214 Å². The molecule has 0 N–H and O–H groups in total. The lowest BCUT2D eigenvalue weighted by Crippen LogP contribution is -2.47. The first-order valence-electron chi connectivity index (χ1n) is 12.6. The quantitative estimate of drug-likeness (QED) is 0.307. The summed E-state index contributed by atoms with van der Waals surface area (Å²) in [6.45, 7) is 0.00256. The third kappa shape index (κ3) is 3.64. The monoisotopic (exact) mass is 487 g/mol. The third-order valence-corrected chi connectivity index (χ3v) is 7.35. The number of amides is 2. The molecule has 3 heterocycles. The van der Waals surface area contributed by atoms with E-state index in [0.717, 1.165) is 40.7 Å². The number of benzene rings is 3. The zero-order valence-corrected chi connectivity index (χ0v) is 20.2. The number of para-hydroxylation sites is 2. The average molecular weight is 488 g/mol. The molecular weight excluding hydrogens is 462 g/mol. The standard InChI is InChI=1S/C31H25N3O3/c35-29(20-33(24-15-16-24)31(36)23-14-13-21-7-1-2-8-22(21)19-23)34-26-10-4-3-9-25(26)32-17-5-11-27(32)30(34)28-12-6-18-37-28/h1-14,17-19,24,30H,15-16,20H2. The summed E-state index contributed by atoms with van der Waals surface area (Å²) in [5.74, 6) is 0.439. The molecule has 5 aromatic rings. The van der Waals surface area contributed by atoms with Crippen LogP contribution in [0.1, 0.15) is 40.7 Å². The van der Waals surface area contributed by atoms with Gasteiger partial charge in [-0.05, 0) is 72.1 Å². The van der Waals surface area contributed by atoms with Crippen LogP contribution in [0.25, 0.3) is 16.5 Å². The normalized spacial score (nSPS) is 16.3. The number of fused-ring (bicyclic) bond motifs is 4. The number of rotatable bonds is 5. The molecule has 6 nitrogen and oxygen atoms in total. The van der Waals surface area contributed by atoms with Crippen molar-refractivity contribution in [1.82, 2.24) is 9.47 Å². The summed E-state index contributed by atoms with van der Waals surface area (Å²) in [5, 5.41) is 2.10. The molecule has 6 heteroatoms. The van der Waals surface area contributed by atoms with E-state index in [1.54, 1.807) is 16.1 Å². The second-order valence-electron chi connectivity index (χ2n) is 9.70. The second-order valence-corrected chi connectivity index (χ2v) is 9.70. The number of carbonyl (C=O) groups excluding carboxylic acids is 2. The number of carbonyl (C=O) groups is 2. The Morgan fingerprint density at radius 2 is 1.62 bits per heavy atom. The fourth-order valence-corrected chi connectivity index (χ4v) is 5.44. The van der Waals surface area contributed by atoms with E-state index in [2.05, 4.69) is 4.57 Å². The first-order valence-corrected chi connectivity index (χ1v) is 12.6. The van der Waals surface area contributed by atoms with Gasteiger partial charge in [-0.15, -0.1) is 0 Å². The highest BCUT2D eigenvalue weighted by molar-refractivity contribution is 6.04. The van der Waals surface area contributed by atoms with Crippen molar-refractivity contribution in [1.29, 1.82) is 0 Å². The van der Waals surface area contributed by atoms with Crippen molar-refractivity contribution in [2.45, 2.75) is 24.9 Å². The lowest BCUT2D eigenvalue weighted by Gasteiger charge is -2.38. The van der Waals surface area contributed by atoms with Crippen LogP contribution in [-0.2, 0) is 4.79 Å². The van der Waals surface area contributed by atoms with Gasteiger partial charge in [-0.2, -0.15) is 0 Å². The third-order valence-electron chi connectivity index (χ3n) is 7.35. The van der Waals surface area contributed by atoms with E-state index in [4.69, 9.17) is 4.42 Å². The van der Waals surface area contributed by atoms with Crippen molar-refractivity contribution in [3.63, 3.8) is 0 Å². The van der Waals surface area contributed by atoms with Crippen LogP contribution in [0.15, 0.2) is 108 Å². The SMILES string of the molecule is O=C(c1ccc2ccccc2c1)N(CC(=O)N1c2ccccc2-n2cccc2C1c1ccco1)C1CC1. The minimum absolute atomic E-state index is 0.00256. The fraction of sp³-hybridized carbons (Fsp3) is 0.161. The molecule has 0 spiro atoms. The number of anilines is 1. The highest BCUT2D eigenvalue weighted by Crippen LogP contribution is 2.42. The largest absolute Gasteiger partial charge is 0.467 e. The van der Waals surface area contributed by atoms with Gasteiger partial charge < -0.3 is 13.9 Å². The molecule has 1 aliphatic heterocycles. The molecule has 0 radical (unpaired) electrons. The predicted octanol–water partition coefficient (Wildman–Crippen LogP) is 5.96. The van der Waals surface area contributed by atoms with Crippen LogP contribution in [0, 0.1) is 0 Å². The van der Waals surface area contributed by atoms with Gasteiger partial charge in [-0.25, -0.2) is 0 Å². The second kappa shape index (κ2) is 8.52. The minimum atomic E-state index is -0.427. The molecule has 1 fully saturated rings. The molecule has 0 saturated heterocycles. The molecule has 2 amide bonds. The predicted molar refractivity (Wildman–Crippen MR) is 142 cm³/mol. The number of furan rings is 1. The Morgan fingerprint density at radius 3 is 2.41 bits per heavy atom. The van der Waals surface area contributed by atoms with Crippen molar-refractivity contribution >= 4 is 28.3 Å². The van der Waals surface area contributed by atoms with E-state index < -0.39 is 6.04 Å². The molecule has 182 valence electrons. The maximum Gasteiger partial charge on any atom is 0.254 e. The van der Waals surface area contributed by atoms with Crippen molar-refractivity contribution in [2.75, 3.05) is 11.4 Å². The molecule has 1 atom stereocenters. The summed E-state index contributed by atoms with van der Waals surface area (Å²) in [7, 11) is 0. The van der Waals surface area contributed by atoms with E-state index in [1.807, 2.05) is 97.2 Å². The Balaban J connectivity index is 1.26. The number of hydrogen-bond acceptors (Lipinski definition) is 3. The highest BCUT2D eigenvalue weighted by atomic mass is 16.3. The molecule has 0 bridgehead atoms. The van der Waals surface area contributed by atoms with Crippen LogP contribution in [0.3, 0.4) is 0 Å². The van der Waals surface area contributed by atoms with Crippen molar-refractivity contribution in [2.24, 2.45) is 0 Å².